The van der Waals surface area contributed by atoms with E-state index in [0.717, 1.165) is 4.47 Å². The minimum Gasteiger partial charge on any atom is -0.478 e. The first-order valence-corrected chi connectivity index (χ1v) is 9.16. The van der Waals surface area contributed by atoms with Crippen molar-refractivity contribution in [1.29, 1.82) is 0 Å². The van der Waals surface area contributed by atoms with Gasteiger partial charge < -0.3 is 15.1 Å². The highest BCUT2D eigenvalue weighted by atomic mass is 79.9. The summed E-state index contributed by atoms with van der Waals surface area (Å²) < 4.78 is 0.819. The Hall–Kier alpha value is -2.60. The van der Waals surface area contributed by atoms with Crippen LogP contribution in [0.15, 0.2) is 76.6 Å². The Kier molecular flexibility index (Phi) is 6.11. The predicted molar refractivity (Wildman–Crippen MR) is 108 cm³/mol. The predicted octanol–water partition coefficient (Wildman–Crippen LogP) is 4.48. The number of hydrogen-bond donors (Lipinski definition) is 2. The van der Waals surface area contributed by atoms with Crippen molar-refractivity contribution in [3.63, 3.8) is 0 Å². The number of rotatable bonds is 7. The SMILES string of the molecule is C=CCN1C(C)=C(C(=O)O)C(CC=C)(c2ccc(Br)cc2)C(C(=O)O)=C1C. The molecule has 0 amide bonds. The number of carbonyl (C=O) groups is 2. The Morgan fingerprint density at radius 1 is 1.04 bits per heavy atom. The second kappa shape index (κ2) is 7.96. The van der Waals surface area contributed by atoms with Gasteiger partial charge in [0, 0.05) is 22.4 Å². The number of hydrogen-bond acceptors (Lipinski definition) is 3. The third kappa shape index (κ3) is 3.37. The van der Waals surface area contributed by atoms with E-state index in [4.69, 9.17) is 0 Å². The summed E-state index contributed by atoms with van der Waals surface area (Å²) in [5.41, 5.74) is 0.317. The van der Waals surface area contributed by atoms with Gasteiger partial charge in [-0.15, -0.1) is 13.2 Å². The molecule has 0 fully saturated rings. The topological polar surface area (TPSA) is 77.8 Å². The van der Waals surface area contributed by atoms with Crippen LogP contribution in [-0.2, 0) is 15.0 Å². The quantitative estimate of drug-likeness (QED) is 0.622. The molecule has 0 bridgehead atoms. The molecule has 1 aromatic rings. The van der Waals surface area contributed by atoms with Crippen molar-refractivity contribution in [2.75, 3.05) is 6.54 Å². The van der Waals surface area contributed by atoms with Gasteiger partial charge >= 0.3 is 11.9 Å². The zero-order valence-electron chi connectivity index (χ0n) is 15.3. The molecule has 1 aliphatic heterocycles. The van der Waals surface area contributed by atoms with E-state index in [-0.39, 0.29) is 17.6 Å². The second-order valence-electron chi connectivity index (χ2n) is 6.34. The van der Waals surface area contributed by atoms with Crippen molar-refractivity contribution in [1.82, 2.24) is 4.90 Å². The number of benzene rings is 1. The fourth-order valence-corrected chi connectivity index (χ4v) is 4.17. The molecule has 6 heteroatoms. The Morgan fingerprint density at radius 2 is 1.52 bits per heavy atom. The lowest BCUT2D eigenvalue weighted by Gasteiger charge is -2.44. The van der Waals surface area contributed by atoms with E-state index in [1.165, 1.54) is 0 Å². The zero-order chi connectivity index (χ0) is 20.4. The third-order valence-electron chi connectivity index (χ3n) is 4.91. The van der Waals surface area contributed by atoms with Crippen LogP contribution in [0.25, 0.3) is 0 Å². The van der Waals surface area contributed by atoms with Crippen LogP contribution in [0.1, 0.15) is 25.8 Å². The molecule has 1 aliphatic rings. The molecule has 27 heavy (non-hydrogen) atoms. The van der Waals surface area contributed by atoms with Gasteiger partial charge in [-0.05, 0) is 38.0 Å². The number of halogens is 1. The minimum absolute atomic E-state index is 0.0366. The molecular formula is C21H22BrNO4. The maximum absolute atomic E-state index is 12.4. The highest BCUT2D eigenvalue weighted by Crippen LogP contribution is 2.49. The van der Waals surface area contributed by atoms with Crippen molar-refractivity contribution in [3.8, 4) is 0 Å². The first-order valence-electron chi connectivity index (χ1n) is 8.37. The zero-order valence-corrected chi connectivity index (χ0v) is 16.9. The van der Waals surface area contributed by atoms with E-state index >= 15 is 0 Å². The van der Waals surface area contributed by atoms with Crippen molar-refractivity contribution in [2.45, 2.75) is 25.7 Å². The molecule has 2 N–H and O–H groups in total. The average molecular weight is 432 g/mol. The minimum atomic E-state index is -1.34. The summed E-state index contributed by atoms with van der Waals surface area (Å²) in [6.45, 7) is 11.2. The lowest BCUT2D eigenvalue weighted by molar-refractivity contribution is -0.134. The Bertz CT molecular complexity index is 827. The number of allylic oxidation sites excluding steroid dienone is 3. The maximum atomic E-state index is 12.4. The molecule has 0 saturated heterocycles. The molecule has 2 rings (SSSR count). The van der Waals surface area contributed by atoms with Crippen LogP contribution in [-0.4, -0.2) is 33.6 Å². The number of carboxylic acid groups (broad SMARTS) is 2. The molecule has 142 valence electrons. The summed E-state index contributed by atoms with van der Waals surface area (Å²) in [5.74, 6) is -2.31. The molecule has 0 saturated carbocycles. The van der Waals surface area contributed by atoms with Crippen molar-refractivity contribution >= 4 is 27.9 Å². The summed E-state index contributed by atoms with van der Waals surface area (Å²) in [7, 11) is 0. The van der Waals surface area contributed by atoms with Crippen molar-refractivity contribution in [2.24, 2.45) is 0 Å². The molecule has 0 radical (unpaired) electrons. The van der Waals surface area contributed by atoms with Gasteiger partial charge in [0.25, 0.3) is 0 Å². The maximum Gasteiger partial charge on any atom is 0.334 e. The van der Waals surface area contributed by atoms with Crippen LogP contribution >= 0.6 is 15.9 Å². The normalized spacial score (nSPS) is 16.3. The van der Waals surface area contributed by atoms with E-state index < -0.39 is 17.4 Å². The lowest BCUT2D eigenvalue weighted by Crippen LogP contribution is -2.45. The first kappa shape index (κ1) is 20.7. The molecular weight excluding hydrogens is 410 g/mol. The van der Waals surface area contributed by atoms with Gasteiger partial charge in [-0.1, -0.05) is 40.2 Å². The molecule has 0 atom stereocenters. The molecule has 0 aromatic heterocycles. The molecule has 1 aromatic carbocycles. The van der Waals surface area contributed by atoms with Crippen LogP contribution in [0.2, 0.25) is 0 Å². The Balaban J connectivity index is 3.00. The number of nitrogens with zero attached hydrogens (tertiary/aromatic N) is 1. The van der Waals surface area contributed by atoms with E-state index in [1.807, 2.05) is 0 Å². The van der Waals surface area contributed by atoms with Crippen molar-refractivity contribution in [3.05, 3.63) is 82.2 Å². The van der Waals surface area contributed by atoms with Crippen LogP contribution < -0.4 is 0 Å². The van der Waals surface area contributed by atoms with E-state index in [9.17, 15) is 19.8 Å². The molecule has 5 nitrogen and oxygen atoms in total. The highest BCUT2D eigenvalue weighted by Gasteiger charge is 2.51. The standard InChI is InChI=1S/C21H22BrNO4/c1-5-11-21(15-7-9-16(22)10-8-15)17(19(24)25)13(3)23(12-6-2)14(4)18(21)20(26)27/h5-10H,1-2,11-12H2,3-4H3,(H,24,25)(H,26,27). The van der Waals surface area contributed by atoms with E-state index in [0.29, 0.717) is 23.5 Å². The Labute approximate surface area is 167 Å². The van der Waals surface area contributed by atoms with Gasteiger partial charge in [0.2, 0.25) is 0 Å². The van der Waals surface area contributed by atoms with Gasteiger partial charge in [-0.25, -0.2) is 9.59 Å². The van der Waals surface area contributed by atoms with Crippen LogP contribution in [0.5, 0.6) is 0 Å². The van der Waals surface area contributed by atoms with Gasteiger partial charge in [0.15, 0.2) is 0 Å². The highest BCUT2D eigenvalue weighted by molar-refractivity contribution is 9.10. The molecule has 1 heterocycles. The van der Waals surface area contributed by atoms with Gasteiger partial charge in [0.05, 0.1) is 16.6 Å². The van der Waals surface area contributed by atoms with Gasteiger partial charge in [0.1, 0.15) is 0 Å². The van der Waals surface area contributed by atoms with Crippen LogP contribution in [0.3, 0.4) is 0 Å². The smallest absolute Gasteiger partial charge is 0.334 e. The molecule has 0 unspecified atom stereocenters. The third-order valence-corrected chi connectivity index (χ3v) is 5.44. The molecule has 0 spiro atoms. The summed E-state index contributed by atoms with van der Waals surface area (Å²) in [5, 5.41) is 20.2. The second-order valence-corrected chi connectivity index (χ2v) is 7.25. The first-order chi connectivity index (χ1) is 12.7. The van der Waals surface area contributed by atoms with Crippen LogP contribution in [0.4, 0.5) is 0 Å². The fourth-order valence-electron chi connectivity index (χ4n) is 3.90. The van der Waals surface area contributed by atoms with Gasteiger partial charge in [-0.2, -0.15) is 0 Å². The van der Waals surface area contributed by atoms with E-state index in [1.54, 1.807) is 55.2 Å². The molecule has 0 aliphatic carbocycles. The summed E-state index contributed by atoms with van der Waals surface area (Å²) in [6.07, 6.45) is 3.33. The fraction of sp³-hybridized carbons (Fsp3) is 0.238. The summed E-state index contributed by atoms with van der Waals surface area (Å²) >= 11 is 3.37. The monoisotopic (exact) mass is 431 g/mol. The number of aliphatic carboxylic acids is 2. The largest absolute Gasteiger partial charge is 0.478 e. The summed E-state index contributed by atoms with van der Waals surface area (Å²) in [6, 6.07) is 7.06. The lowest BCUT2D eigenvalue weighted by atomic mass is 9.63. The van der Waals surface area contributed by atoms with Crippen LogP contribution in [0, 0.1) is 0 Å². The van der Waals surface area contributed by atoms with Gasteiger partial charge in [-0.3, -0.25) is 0 Å². The van der Waals surface area contributed by atoms with Crippen molar-refractivity contribution < 1.29 is 19.8 Å². The number of carboxylic acids is 2. The van der Waals surface area contributed by atoms with E-state index in [2.05, 4.69) is 29.1 Å². The summed E-state index contributed by atoms with van der Waals surface area (Å²) in [4.78, 5) is 26.4. The average Bonchev–Trinajstić information content (AvgIpc) is 2.58. The Morgan fingerprint density at radius 3 is 1.89 bits per heavy atom.